The number of aromatic nitrogens is 3. The zero-order valence-electron chi connectivity index (χ0n) is 17.6. The van der Waals surface area contributed by atoms with Crippen molar-refractivity contribution >= 4 is 23.4 Å². The number of H-pyrrole nitrogens is 1. The summed E-state index contributed by atoms with van der Waals surface area (Å²) in [5.74, 6) is 0.311. The molecule has 34 heavy (non-hydrogen) atoms. The molecule has 0 aromatic heterocycles. The topological polar surface area (TPSA) is 119 Å². The Morgan fingerprint density at radius 2 is 1.91 bits per heavy atom. The molecule has 2 heterocycles. The summed E-state index contributed by atoms with van der Waals surface area (Å²) < 4.78 is 37.9. The summed E-state index contributed by atoms with van der Waals surface area (Å²) >= 11 is 0. The Hall–Kier alpha value is -4.59. The van der Waals surface area contributed by atoms with E-state index in [2.05, 4.69) is 37.0 Å². The molecular formula is C23H18F3N7O. The summed E-state index contributed by atoms with van der Waals surface area (Å²) in [5.41, 5.74) is 2.73. The van der Waals surface area contributed by atoms with Crippen LogP contribution < -0.4 is 16.0 Å². The van der Waals surface area contributed by atoms with Gasteiger partial charge in [-0.1, -0.05) is 12.1 Å². The second-order valence-electron chi connectivity index (χ2n) is 7.31. The quantitative estimate of drug-likeness (QED) is 0.321. The number of alkyl halides is 3. The van der Waals surface area contributed by atoms with Gasteiger partial charge in [0.25, 0.3) is 5.91 Å². The van der Waals surface area contributed by atoms with Crippen LogP contribution in [0.4, 0.5) is 30.6 Å². The molecule has 11 heteroatoms. The maximum absolute atomic E-state index is 12.6. The lowest BCUT2D eigenvalue weighted by atomic mass is 10.1. The molecule has 0 fully saturated rings. The van der Waals surface area contributed by atoms with Crippen LogP contribution in [0.3, 0.4) is 0 Å². The Kier molecular flexibility index (Phi) is 6.31. The van der Waals surface area contributed by atoms with E-state index in [0.717, 1.165) is 5.56 Å². The van der Waals surface area contributed by atoms with E-state index in [1.165, 1.54) is 6.20 Å². The van der Waals surface area contributed by atoms with E-state index < -0.39 is 12.7 Å². The van der Waals surface area contributed by atoms with Crippen LogP contribution in [0, 0.1) is 11.3 Å². The van der Waals surface area contributed by atoms with Crippen LogP contribution in [-0.2, 0) is 6.54 Å². The normalized spacial score (nSPS) is 11.1. The van der Waals surface area contributed by atoms with Gasteiger partial charge in [-0.25, -0.2) is 4.98 Å². The second kappa shape index (κ2) is 9.50. The molecule has 0 aliphatic carbocycles. The highest BCUT2D eigenvalue weighted by atomic mass is 19.4. The number of hydrogen-bond donors (Lipinski definition) is 4. The van der Waals surface area contributed by atoms with Crippen LogP contribution in [0.1, 0.15) is 21.5 Å². The molecule has 0 atom stereocenters. The van der Waals surface area contributed by atoms with Gasteiger partial charge in [0.15, 0.2) is 0 Å². The van der Waals surface area contributed by atoms with Crippen molar-refractivity contribution in [1.82, 2.24) is 20.3 Å². The lowest BCUT2D eigenvalue weighted by Crippen LogP contribution is -2.22. The van der Waals surface area contributed by atoms with Crippen molar-refractivity contribution in [3.8, 4) is 17.5 Å². The van der Waals surface area contributed by atoms with Crippen LogP contribution >= 0.6 is 0 Å². The summed E-state index contributed by atoms with van der Waals surface area (Å²) in [7, 11) is 0. The number of rotatable bonds is 7. The van der Waals surface area contributed by atoms with Gasteiger partial charge in [0.1, 0.15) is 18.2 Å². The van der Waals surface area contributed by atoms with E-state index in [1.54, 1.807) is 48.5 Å². The summed E-state index contributed by atoms with van der Waals surface area (Å²) in [6, 6.07) is 17.1. The van der Waals surface area contributed by atoms with Crippen LogP contribution in [0.2, 0.25) is 0 Å². The molecule has 2 aliphatic rings. The van der Waals surface area contributed by atoms with Crippen LogP contribution in [0.15, 0.2) is 60.8 Å². The summed E-state index contributed by atoms with van der Waals surface area (Å²) in [6.45, 7) is -0.956. The number of nitrogens with zero attached hydrogens (tertiary/aromatic N) is 3. The highest BCUT2D eigenvalue weighted by Crippen LogP contribution is 2.29. The van der Waals surface area contributed by atoms with Gasteiger partial charge in [0, 0.05) is 24.0 Å². The molecule has 0 spiro atoms. The number of hydrogen-bond acceptors (Lipinski definition) is 6. The number of amides is 1. The van der Waals surface area contributed by atoms with Gasteiger partial charge in [-0.05, 0) is 48.0 Å². The predicted molar refractivity (Wildman–Crippen MR) is 120 cm³/mol. The Morgan fingerprint density at radius 1 is 1.12 bits per heavy atom. The Balaban J connectivity index is 1.42. The fourth-order valence-corrected chi connectivity index (χ4v) is 3.19. The number of nitriles is 1. The molecule has 2 aromatic rings. The molecule has 172 valence electrons. The minimum Gasteiger partial charge on any atom is -0.360 e. The first-order valence-corrected chi connectivity index (χ1v) is 10.1. The Labute approximate surface area is 192 Å². The second-order valence-corrected chi connectivity index (χ2v) is 7.31. The molecule has 2 aliphatic heterocycles. The van der Waals surface area contributed by atoms with Gasteiger partial charge >= 0.3 is 6.18 Å². The van der Waals surface area contributed by atoms with E-state index in [9.17, 15) is 18.0 Å². The molecule has 0 unspecified atom stereocenters. The van der Waals surface area contributed by atoms with E-state index >= 15 is 0 Å². The largest absolute Gasteiger partial charge is 0.405 e. The van der Waals surface area contributed by atoms with Crippen molar-refractivity contribution in [2.24, 2.45) is 0 Å². The molecule has 0 radical (unpaired) electrons. The van der Waals surface area contributed by atoms with Crippen LogP contribution in [0.25, 0.3) is 11.4 Å². The lowest BCUT2D eigenvalue weighted by molar-refractivity contribution is -0.115. The maximum Gasteiger partial charge on any atom is 0.405 e. The average molecular weight is 465 g/mol. The van der Waals surface area contributed by atoms with Crippen LogP contribution in [-0.4, -0.2) is 33.6 Å². The third kappa shape index (κ3) is 5.60. The van der Waals surface area contributed by atoms with E-state index in [-0.39, 0.29) is 24.2 Å². The van der Waals surface area contributed by atoms with Crippen molar-refractivity contribution < 1.29 is 18.0 Å². The van der Waals surface area contributed by atoms with Gasteiger partial charge < -0.3 is 20.9 Å². The van der Waals surface area contributed by atoms with Crippen LogP contribution in [0.5, 0.6) is 0 Å². The van der Waals surface area contributed by atoms with Crippen molar-refractivity contribution in [3.05, 3.63) is 77.5 Å². The van der Waals surface area contributed by atoms with Gasteiger partial charge in [-0.15, -0.1) is 0 Å². The molecule has 0 saturated carbocycles. The van der Waals surface area contributed by atoms with Crippen molar-refractivity contribution in [2.75, 3.05) is 17.2 Å². The van der Waals surface area contributed by atoms with Gasteiger partial charge in [0.05, 0.1) is 17.2 Å². The molecular weight excluding hydrogens is 447 g/mol. The zero-order chi connectivity index (χ0) is 24.1. The third-order valence-corrected chi connectivity index (χ3v) is 4.79. The number of carbonyl (C=O) groups is 1. The lowest BCUT2D eigenvalue weighted by Gasteiger charge is -2.14. The predicted octanol–water partition coefficient (Wildman–Crippen LogP) is 4.43. The van der Waals surface area contributed by atoms with Crippen molar-refractivity contribution in [2.45, 2.75) is 12.7 Å². The van der Waals surface area contributed by atoms with Crippen molar-refractivity contribution in [3.63, 3.8) is 0 Å². The first-order chi connectivity index (χ1) is 16.3. The number of anilines is 3. The van der Waals surface area contributed by atoms with Gasteiger partial charge in [0.2, 0.25) is 5.95 Å². The molecule has 4 rings (SSSR count). The summed E-state index contributed by atoms with van der Waals surface area (Å²) in [4.78, 5) is 23.6. The average Bonchev–Trinajstić information content (AvgIpc) is 3.30. The SMILES string of the molecule is N#Cc1cccc(CNC(=O)c2ccc(Nc3nc(NCC(F)(F)F)c4ccnc-4[nH]3)cc2)c1. The smallest absolute Gasteiger partial charge is 0.360 e. The first kappa shape index (κ1) is 22.6. The number of fused-ring (bicyclic) bond motifs is 1. The van der Waals surface area contributed by atoms with Crippen molar-refractivity contribution in [1.29, 1.82) is 5.26 Å². The monoisotopic (exact) mass is 465 g/mol. The standard InChI is InChI=1S/C23H18F3N7O/c24-23(25,26)13-30-20-18-8-9-28-19(18)32-22(33-20)31-17-6-4-16(5-7-17)21(34)29-12-15-3-1-2-14(10-15)11-27/h1-10H,12-13H2,(H,29,34)(H3,28,30,31,32,33). The number of aromatic amines is 1. The van der Waals surface area contributed by atoms with E-state index in [1.807, 2.05) is 6.07 Å². The molecule has 8 nitrogen and oxygen atoms in total. The molecule has 4 N–H and O–H groups in total. The Bertz CT molecular complexity index is 1310. The maximum atomic E-state index is 12.6. The Morgan fingerprint density at radius 3 is 2.65 bits per heavy atom. The number of carbonyl (C=O) groups excluding carboxylic acids is 1. The van der Waals surface area contributed by atoms with E-state index in [0.29, 0.717) is 28.2 Å². The van der Waals surface area contributed by atoms with Gasteiger partial charge in [-0.2, -0.15) is 23.4 Å². The third-order valence-electron chi connectivity index (χ3n) is 4.79. The first-order valence-electron chi connectivity index (χ1n) is 10.1. The number of nitrogens with one attached hydrogen (secondary N) is 4. The number of benzene rings is 2. The molecule has 1 amide bonds. The zero-order valence-corrected chi connectivity index (χ0v) is 17.6. The summed E-state index contributed by atoms with van der Waals surface area (Å²) in [5, 5.41) is 17.0. The fraction of sp³-hybridized carbons (Fsp3) is 0.130. The highest BCUT2D eigenvalue weighted by Gasteiger charge is 2.28. The fourth-order valence-electron chi connectivity index (χ4n) is 3.19. The number of halogens is 3. The minimum absolute atomic E-state index is 0.0440. The van der Waals surface area contributed by atoms with E-state index in [4.69, 9.17) is 5.26 Å². The van der Waals surface area contributed by atoms with Gasteiger partial charge in [-0.3, -0.25) is 4.79 Å². The molecule has 0 bridgehead atoms. The molecule has 2 aromatic carbocycles. The highest BCUT2D eigenvalue weighted by molar-refractivity contribution is 5.94. The summed E-state index contributed by atoms with van der Waals surface area (Å²) in [6.07, 6.45) is -2.93. The molecule has 0 saturated heterocycles. The minimum atomic E-state index is -4.39.